The SMILES string of the molecule is NCCCNc1cccc2[nH]ncc12. The van der Waals surface area contributed by atoms with E-state index in [1.807, 2.05) is 24.4 Å². The number of fused-ring (bicyclic) bond motifs is 1. The summed E-state index contributed by atoms with van der Waals surface area (Å²) in [4.78, 5) is 0. The van der Waals surface area contributed by atoms with Gasteiger partial charge in [-0.05, 0) is 25.1 Å². The van der Waals surface area contributed by atoms with Crippen LogP contribution in [-0.4, -0.2) is 23.3 Å². The summed E-state index contributed by atoms with van der Waals surface area (Å²) in [6.45, 7) is 1.62. The van der Waals surface area contributed by atoms with Gasteiger partial charge in [0.1, 0.15) is 0 Å². The third-order valence-electron chi connectivity index (χ3n) is 2.18. The molecule has 4 N–H and O–H groups in total. The van der Waals surface area contributed by atoms with Crippen molar-refractivity contribution in [3.8, 4) is 0 Å². The zero-order valence-corrected chi connectivity index (χ0v) is 7.96. The second-order valence-corrected chi connectivity index (χ2v) is 3.21. The molecule has 1 aromatic carbocycles. The molecule has 0 aliphatic rings. The van der Waals surface area contributed by atoms with E-state index >= 15 is 0 Å². The molecule has 0 bridgehead atoms. The molecule has 0 saturated carbocycles. The molecule has 0 spiro atoms. The molecular weight excluding hydrogens is 176 g/mol. The Kier molecular flexibility index (Phi) is 2.65. The van der Waals surface area contributed by atoms with Crippen LogP contribution in [0.3, 0.4) is 0 Å². The van der Waals surface area contributed by atoms with Crippen LogP contribution in [0.25, 0.3) is 10.9 Å². The summed E-state index contributed by atoms with van der Waals surface area (Å²) in [6.07, 6.45) is 2.81. The lowest BCUT2D eigenvalue weighted by molar-refractivity contribution is 0.875. The number of nitrogens with one attached hydrogen (secondary N) is 2. The van der Waals surface area contributed by atoms with Gasteiger partial charge >= 0.3 is 0 Å². The van der Waals surface area contributed by atoms with Gasteiger partial charge in [0.15, 0.2) is 0 Å². The second-order valence-electron chi connectivity index (χ2n) is 3.21. The first-order valence-corrected chi connectivity index (χ1v) is 4.78. The Morgan fingerprint density at radius 1 is 1.43 bits per heavy atom. The van der Waals surface area contributed by atoms with Gasteiger partial charge in [0.2, 0.25) is 0 Å². The first-order chi connectivity index (χ1) is 6.92. The molecule has 4 heteroatoms. The summed E-state index contributed by atoms with van der Waals surface area (Å²) in [5.74, 6) is 0. The third kappa shape index (κ3) is 1.70. The molecule has 0 radical (unpaired) electrons. The minimum absolute atomic E-state index is 0.717. The molecule has 0 fully saturated rings. The van der Waals surface area contributed by atoms with Crippen molar-refractivity contribution in [3.05, 3.63) is 24.4 Å². The van der Waals surface area contributed by atoms with E-state index in [0.29, 0.717) is 6.54 Å². The van der Waals surface area contributed by atoms with Crippen molar-refractivity contribution in [1.29, 1.82) is 0 Å². The van der Waals surface area contributed by atoms with Crippen molar-refractivity contribution in [2.45, 2.75) is 6.42 Å². The molecular formula is C10H14N4. The Morgan fingerprint density at radius 3 is 3.21 bits per heavy atom. The average Bonchev–Trinajstić information content (AvgIpc) is 2.67. The first kappa shape index (κ1) is 9.02. The van der Waals surface area contributed by atoms with Crippen LogP contribution >= 0.6 is 0 Å². The van der Waals surface area contributed by atoms with E-state index in [1.165, 1.54) is 0 Å². The van der Waals surface area contributed by atoms with E-state index in [4.69, 9.17) is 5.73 Å². The lowest BCUT2D eigenvalue weighted by Gasteiger charge is -2.05. The Bertz CT molecular complexity index is 407. The van der Waals surface area contributed by atoms with Crippen LogP contribution < -0.4 is 11.1 Å². The summed E-state index contributed by atoms with van der Waals surface area (Å²) in [5.41, 5.74) is 7.60. The molecule has 0 amide bonds. The van der Waals surface area contributed by atoms with Crippen molar-refractivity contribution in [2.75, 3.05) is 18.4 Å². The summed E-state index contributed by atoms with van der Waals surface area (Å²) in [5, 5.41) is 11.4. The summed E-state index contributed by atoms with van der Waals surface area (Å²) < 4.78 is 0. The number of anilines is 1. The fourth-order valence-electron chi connectivity index (χ4n) is 1.45. The molecule has 0 saturated heterocycles. The highest BCUT2D eigenvalue weighted by Gasteiger charge is 2.00. The number of aromatic nitrogens is 2. The standard InChI is InChI=1S/C10H14N4/c11-5-2-6-12-9-3-1-4-10-8(9)7-13-14-10/h1,3-4,7,12H,2,5-6,11H2,(H,13,14). The second kappa shape index (κ2) is 4.11. The maximum absolute atomic E-state index is 5.43. The van der Waals surface area contributed by atoms with E-state index in [2.05, 4.69) is 15.5 Å². The molecule has 2 aromatic rings. The van der Waals surface area contributed by atoms with Gasteiger partial charge in [0.05, 0.1) is 11.7 Å². The molecule has 4 nitrogen and oxygen atoms in total. The van der Waals surface area contributed by atoms with E-state index in [9.17, 15) is 0 Å². The largest absolute Gasteiger partial charge is 0.384 e. The number of aromatic amines is 1. The minimum Gasteiger partial charge on any atom is -0.384 e. The monoisotopic (exact) mass is 190 g/mol. The van der Waals surface area contributed by atoms with Crippen LogP contribution in [0, 0.1) is 0 Å². The van der Waals surface area contributed by atoms with E-state index in [0.717, 1.165) is 29.6 Å². The smallest absolute Gasteiger partial charge is 0.0671 e. The van der Waals surface area contributed by atoms with Crippen molar-refractivity contribution < 1.29 is 0 Å². The van der Waals surface area contributed by atoms with Gasteiger partial charge in [-0.15, -0.1) is 0 Å². The molecule has 0 unspecified atom stereocenters. The van der Waals surface area contributed by atoms with Gasteiger partial charge in [0.25, 0.3) is 0 Å². The van der Waals surface area contributed by atoms with Crippen molar-refractivity contribution >= 4 is 16.6 Å². The molecule has 1 heterocycles. The number of hydrogen-bond donors (Lipinski definition) is 3. The Morgan fingerprint density at radius 2 is 2.36 bits per heavy atom. The molecule has 1 aromatic heterocycles. The zero-order valence-electron chi connectivity index (χ0n) is 7.96. The summed E-state index contributed by atoms with van der Waals surface area (Å²) >= 11 is 0. The van der Waals surface area contributed by atoms with Crippen molar-refractivity contribution in [1.82, 2.24) is 10.2 Å². The highest BCUT2D eigenvalue weighted by atomic mass is 15.1. The predicted octanol–water partition coefficient (Wildman–Crippen LogP) is 1.32. The lowest BCUT2D eigenvalue weighted by atomic mass is 10.2. The number of H-pyrrole nitrogens is 1. The van der Waals surface area contributed by atoms with Gasteiger partial charge in [-0.2, -0.15) is 5.10 Å². The lowest BCUT2D eigenvalue weighted by Crippen LogP contribution is -2.08. The number of rotatable bonds is 4. The fraction of sp³-hybridized carbons (Fsp3) is 0.300. The van der Waals surface area contributed by atoms with E-state index < -0.39 is 0 Å². The van der Waals surface area contributed by atoms with Crippen LogP contribution in [0.5, 0.6) is 0 Å². The molecule has 0 aliphatic heterocycles. The number of hydrogen-bond acceptors (Lipinski definition) is 3. The van der Waals surface area contributed by atoms with Gasteiger partial charge in [-0.1, -0.05) is 6.07 Å². The third-order valence-corrected chi connectivity index (χ3v) is 2.18. The number of nitrogens with zero attached hydrogens (tertiary/aromatic N) is 1. The van der Waals surface area contributed by atoms with Crippen LogP contribution in [0.2, 0.25) is 0 Å². The summed E-state index contributed by atoms with van der Waals surface area (Å²) in [7, 11) is 0. The number of benzene rings is 1. The van der Waals surface area contributed by atoms with Crippen LogP contribution in [0.15, 0.2) is 24.4 Å². The Labute approximate surface area is 82.5 Å². The van der Waals surface area contributed by atoms with E-state index in [-0.39, 0.29) is 0 Å². The van der Waals surface area contributed by atoms with Crippen LogP contribution in [-0.2, 0) is 0 Å². The predicted molar refractivity (Wildman–Crippen MR) is 58.3 cm³/mol. The van der Waals surface area contributed by atoms with Gasteiger partial charge < -0.3 is 11.1 Å². The zero-order chi connectivity index (χ0) is 9.80. The molecule has 2 rings (SSSR count). The highest BCUT2D eigenvalue weighted by molar-refractivity contribution is 5.90. The Hall–Kier alpha value is -1.55. The van der Waals surface area contributed by atoms with Gasteiger partial charge in [0, 0.05) is 17.6 Å². The van der Waals surface area contributed by atoms with Crippen LogP contribution in [0.1, 0.15) is 6.42 Å². The van der Waals surface area contributed by atoms with Gasteiger partial charge in [-0.25, -0.2) is 0 Å². The van der Waals surface area contributed by atoms with Gasteiger partial charge in [-0.3, -0.25) is 5.10 Å². The molecule has 14 heavy (non-hydrogen) atoms. The maximum Gasteiger partial charge on any atom is 0.0671 e. The first-order valence-electron chi connectivity index (χ1n) is 4.78. The van der Waals surface area contributed by atoms with Crippen molar-refractivity contribution in [3.63, 3.8) is 0 Å². The summed E-state index contributed by atoms with van der Waals surface area (Å²) in [6, 6.07) is 6.07. The maximum atomic E-state index is 5.43. The minimum atomic E-state index is 0.717. The highest BCUT2D eigenvalue weighted by Crippen LogP contribution is 2.20. The number of nitrogens with two attached hydrogens (primary N) is 1. The molecule has 74 valence electrons. The fourth-order valence-corrected chi connectivity index (χ4v) is 1.45. The molecule has 0 aliphatic carbocycles. The average molecular weight is 190 g/mol. The normalized spacial score (nSPS) is 10.6. The Balaban J connectivity index is 2.19. The quantitative estimate of drug-likeness (QED) is 0.637. The van der Waals surface area contributed by atoms with Crippen molar-refractivity contribution in [2.24, 2.45) is 5.73 Å². The van der Waals surface area contributed by atoms with E-state index in [1.54, 1.807) is 0 Å². The van der Waals surface area contributed by atoms with Crippen LogP contribution in [0.4, 0.5) is 5.69 Å². The molecule has 0 atom stereocenters. The topological polar surface area (TPSA) is 66.7 Å².